The summed E-state index contributed by atoms with van der Waals surface area (Å²) >= 11 is 0. The van der Waals surface area contributed by atoms with Gasteiger partial charge in [-0.2, -0.15) is 4.98 Å². The first kappa shape index (κ1) is 23.0. The number of aromatic nitrogens is 4. The number of carbonyl (C=O) groups is 1. The van der Waals surface area contributed by atoms with Crippen LogP contribution in [0.25, 0.3) is 10.9 Å². The Morgan fingerprint density at radius 3 is 2.72 bits per heavy atom. The highest BCUT2D eigenvalue weighted by Gasteiger charge is 2.26. The highest BCUT2D eigenvalue weighted by Crippen LogP contribution is 2.24. The molecule has 9 nitrogen and oxygen atoms in total. The molecule has 2 heterocycles. The van der Waals surface area contributed by atoms with E-state index < -0.39 is 5.54 Å². The molecule has 0 radical (unpaired) electrons. The molecule has 0 saturated carbocycles. The van der Waals surface area contributed by atoms with E-state index in [1.54, 1.807) is 24.7 Å². The van der Waals surface area contributed by atoms with Crippen LogP contribution in [0.2, 0.25) is 0 Å². The number of hydrogen-bond acceptors (Lipinski definition) is 7. The first-order valence-corrected chi connectivity index (χ1v) is 10.4. The molecule has 0 aliphatic carbocycles. The van der Waals surface area contributed by atoms with E-state index in [2.05, 4.69) is 37.4 Å². The summed E-state index contributed by atoms with van der Waals surface area (Å²) in [5, 5.41) is 6.89. The van der Waals surface area contributed by atoms with Crippen LogP contribution in [0.15, 0.2) is 30.5 Å². The van der Waals surface area contributed by atoms with Crippen molar-refractivity contribution in [3.63, 3.8) is 0 Å². The highest BCUT2D eigenvalue weighted by atomic mass is 16.2. The minimum atomic E-state index is -0.433. The molecular weight excluding hydrogens is 404 g/mol. The number of hydrogen-bond donors (Lipinski definition) is 3. The van der Waals surface area contributed by atoms with Crippen LogP contribution in [0.5, 0.6) is 0 Å². The number of likely N-dealkylation sites (N-methyl/N-ethyl adjacent to an activating group) is 1. The fourth-order valence-electron chi connectivity index (χ4n) is 3.47. The maximum absolute atomic E-state index is 13.2. The van der Waals surface area contributed by atoms with E-state index in [9.17, 15) is 4.79 Å². The minimum absolute atomic E-state index is 0.193. The van der Waals surface area contributed by atoms with E-state index in [-0.39, 0.29) is 12.5 Å². The molecule has 9 heteroatoms. The van der Waals surface area contributed by atoms with Crippen LogP contribution < -0.4 is 21.3 Å². The average molecular weight is 435 g/mol. The number of carbonyl (C=O) groups excluding carboxylic acids is 1. The summed E-state index contributed by atoms with van der Waals surface area (Å²) in [6.07, 6.45) is 1.76. The molecule has 32 heavy (non-hydrogen) atoms. The number of rotatable bonds is 8. The summed E-state index contributed by atoms with van der Waals surface area (Å²) in [5.41, 5.74) is 6.99. The number of fused-ring (bicyclic) bond motifs is 1. The second kappa shape index (κ2) is 9.66. The molecule has 0 saturated heterocycles. The summed E-state index contributed by atoms with van der Waals surface area (Å²) in [7, 11) is 3.63. The standard InChI is InChI=1S/C23H30N8O/c1-6-7-12-31-19(20(25-4)29-22(31)30(5)15-23(2,3)24)21(32)27-14-18-26-13-16-10-8-9-11-17(16)28-18/h8-11,13,25H,12,14-15,24H2,1-5H3,(H,27,32). The zero-order chi connectivity index (χ0) is 23.3. The molecule has 4 N–H and O–H groups in total. The monoisotopic (exact) mass is 434 g/mol. The summed E-state index contributed by atoms with van der Waals surface area (Å²) in [5.74, 6) is 7.24. The van der Waals surface area contributed by atoms with Crippen molar-refractivity contribution in [3.05, 3.63) is 42.0 Å². The molecule has 0 fully saturated rings. The lowest BCUT2D eigenvalue weighted by Crippen LogP contribution is -2.44. The molecule has 2 aromatic heterocycles. The lowest BCUT2D eigenvalue weighted by atomic mass is 10.1. The molecule has 0 aliphatic rings. The van der Waals surface area contributed by atoms with Crippen LogP contribution in [-0.4, -0.2) is 51.6 Å². The van der Waals surface area contributed by atoms with Gasteiger partial charge >= 0.3 is 0 Å². The lowest BCUT2D eigenvalue weighted by Gasteiger charge is -2.27. The summed E-state index contributed by atoms with van der Waals surface area (Å²) in [4.78, 5) is 28.7. The number of nitrogens with two attached hydrogens (primary N) is 1. The molecule has 0 aliphatic heterocycles. The van der Waals surface area contributed by atoms with E-state index >= 15 is 0 Å². The smallest absolute Gasteiger partial charge is 0.272 e. The molecule has 0 unspecified atom stereocenters. The summed E-state index contributed by atoms with van der Waals surface area (Å²) in [6.45, 7) is 6.72. The van der Waals surface area contributed by atoms with Gasteiger partial charge in [-0.15, -0.1) is 5.92 Å². The summed E-state index contributed by atoms with van der Waals surface area (Å²) < 4.78 is 1.80. The number of nitrogens with zero attached hydrogens (tertiary/aromatic N) is 5. The molecule has 3 rings (SSSR count). The fourth-order valence-corrected chi connectivity index (χ4v) is 3.47. The Bertz CT molecular complexity index is 1170. The second-order valence-electron chi connectivity index (χ2n) is 8.24. The number of para-hydroxylation sites is 1. The molecule has 0 atom stereocenters. The second-order valence-corrected chi connectivity index (χ2v) is 8.24. The molecule has 3 aromatic rings. The van der Waals surface area contributed by atoms with Crippen LogP contribution in [0, 0.1) is 11.8 Å². The van der Waals surface area contributed by atoms with Crippen molar-refractivity contribution in [1.82, 2.24) is 24.8 Å². The Hall–Kier alpha value is -3.64. The number of nitrogens with one attached hydrogen (secondary N) is 2. The van der Waals surface area contributed by atoms with Gasteiger partial charge in [0.05, 0.1) is 18.6 Å². The van der Waals surface area contributed by atoms with Gasteiger partial charge in [-0.3, -0.25) is 9.36 Å². The third kappa shape index (κ3) is 5.34. The Kier molecular flexibility index (Phi) is 6.95. The number of imidazole rings is 1. The Morgan fingerprint density at radius 2 is 2.03 bits per heavy atom. The molecule has 0 spiro atoms. The van der Waals surface area contributed by atoms with Crippen molar-refractivity contribution in [2.45, 2.75) is 39.4 Å². The van der Waals surface area contributed by atoms with Crippen molar-refractivity contribution in [1.29, 1.82) is 0 Å². The van der Waals surface area contributed by atoms with Crippen molar-refractivity contribution in [3.8, 4) is 11.8 Å². The predicted molar refractivity (Wildman–Crippen MR) is 127 cm³/mol. The Balaban J connectivity index is 1.89. The van der Waals surface area contributed by atoms with Crippen molar-refractivity contribution in [2.24, 2.45) is 5.73 Å². The minimum Gasteiger partial charge on any atom is -0.371 e. The van der Waals surface area contributed by atoms with Crippen LogP contribution in [0.1, 0.15) is 37.1 Å². The van der Waals surface area contributed by atoms with Gasteiger partial charge in [-0.25, -0.2) is 9.97 Å². The first-order chi connectivity index (χ1) is 15.2. The quantitative estimate of drug-likeness (QED) is 0.465. The van der Waals surface area contributed by atoms with Gasteiger partial charge in [-0.05, 0) is 26.8 Å². The third-order valence-corrected chi connectivity index (χ3v) is 4.75. The van der Waals surface area contributed by atoms with E-state index in [0.29, 0.717) is 36.4 Å². The van der Waals surface area contributed by atoms with Crippen molar-refractivity contribution < 1.29 is 4.79 Å². The van der Waals surface area contributed by atoms with Crippen LogP contribution in [0.3, 0.4) is 0 Å². The van der Waals surface area contributed by atoms with E-state index in [0.717, 1.165) is 10.9 Å². The maximum Gasteiger partial charge on any atom is 0.272 e. The lowest BCUT2D eigenvalue weighted by molar-refractivity contribution is 0.0942. The van der Waals surface area contributed by atoms with Crippen LogP contribution >= 0.6 is 0 Å². The molecule has 168 valence electrons. The molecule has 1 amide bonds. The van der Waals surface area contributed by atoms with Gasteiger partial charge in [0.15, 0.2) is 11.5 Å². The SMILES string of the molecule is CC#CCn1c(N(C)CC(C)(C)N)nc(NC)c1C(=O)NCc1ncc2ccccc2n1. The topological polar surface area (TPSA) is 114 Å². The largest absolute Gasteiger partial charge is 0.371 e. The van der Waals surface area contributed by atoms with Crippen molar-refractivity contribution >= 4 is 28.6 Å². The zero-order valence-electron chi connectivity index (χ0n) is 19.2. The number of amides is 1. The number of benzene rings is 1. The van der Waals surface area contributed by atoms with Crippen LogP contribution in [0.4, 0.5) is 11.8 Å². The first-order valence-electron chi connectivity index (χ1n) is 10.4. The fraction of sp³-hybridized carbons (Fsp3) is 0.391. The Morgan fingerprint density at radius 1 is 1.28 bits per heavy atom. The summed E-state index contributed by atoms with van der Waals surface area (Å²) in [6, 6.07) is 7.73. The van der Waals surface area contributed by atoms with Gasteiger partial charge in [0.1, 0.15) is 5.82 Å². The Labute approximate surface area is 188 Å². The molecule has 1 aromatic carbocycles. The van der Waals surface area contributed by atoms with Gasteiger partial charge in [0.2, 0.25) is 5.95 Å². The van der Waals surface area contributed by atoms with E-state index in [4.69, 9.17) is 5.73 Å². The van der Waals surface area contributed by atoms with Gasteiger partial charge in [-0.1, -0.05) is 24.1 Å². The van der Waals surface area contributed by atoms with Crippen LogP contribution in [-0.2, 0) is 13.1 Å². The average Bonchev–Trinajstić information content (AvgIpc) is 3.13. The highest BCUT2D eigenvalue weighted by molar-refractivity contribution is 5.98. The van der Waals surface area contributed by atoms with E-state index in [1.165, 1.54) is 0 Å². The normalized spacial score (nSPS) is 11.1. The molecular formula is C23H30N8O. The van der Waals surface area contributed by atoms with E-state index in [1.807, 2.05) is 50.1 Å². The van der Waals surface area contributed by atoms with Gasteiger partial charge in [0.25, 0.3) is 5.91 Å². The van der Waals surface area contributed by atoms with Crippen molar-refractivity contribution in [2.75, 3.05) is 30.9 Å². The maximum atomic E-state index is 13.2. The zero-order valence-corrected chi connectivity index (χ0v) is 19.2. The van der Waals surface area contributed by atoms with Gasteiger partial charge in [0, 0.05) is 37.8 Å². The third-order valence-electron chi connectivity index (χ3n) is 4.75. The predicted octanol–water partition coefficient (Wildman–Crippen LogP) is 1.99. The number of anilines is 2. The molecule has 0 bridgehead atoms. The van der Waals surface area contributed by atoms with Gasteiger partial charge < -0.3 is 21.3 Å².